The van der Waals surface area contributed by atoms with Gasteiger partial charge >= 0.3 is 0 Å². The molecule has 0 fully saturated rings. The van der Waals surface area contributed by atoms with Crippen molar-refractivity contribution in [1.29, 1.82) is 5.41 Å². The molecule has 0 saturated carbocycles. The second-order valence-electron chi connectivity index (χ2n) is 2.90. The molecule has 0 aliphatic heterocycles. The summed E-state index contributed by atoms with van der Waals surface area (Å²) in [7, 11) is 0. The molecule has 3 N–H and O–H groups in total. The van der Waals surface area contributed by atoms with Crippen LogP contribution in [0.2, 0.25) is 0 Å². The van der Waals surface area contributed by atoms with Crippen LogP contribution in [-0.4, -0.2) is 15.4 Å². The number of rotatable bonds is 2. The highest BCUT2D eigenvalue weighted by atomic mass is 35.5. The van der Waals surface area contributed by atoms with E-state index in [4.69, 9.17) is 11.1 Å². The van der Waals surface area contributed by atoms with Crippen molar-refractivity contribution in [3.8, 4) is 5.69 Å². The second kappa shape index (κ2) is 4.61. The van der Waals surface area contributed by atoms with Crippen molar-refractivity contribution in [2.45, 2.75) is 0 Å². The largest absolute Gasteiger partial charge is 0.382 e. The summed E-state index contributed by atoms with van der Waals surface area (Å²) in [5.41, 5.74) is 6.80. The number of amidine groups is 1. The first-order chi connectivity index (χ1) is 6.77. The van der Waals surface area contributed by atoms with Crippen LogP contribution in [0.25, 0.3) is 5.69 Å². The summed E-state index contributed by atoms with van der Waals surface area (Å²) in [6.07, 6.45) is 5.50. The van der Waals surface area contributed by atoms with Crippen LogP contribution >= 0.6 is 12.4 Å². The van der Waals surface area contributed by atoms with Gasteiger partial charge in [0.2, 0.25) is 0 Å². The van der Waals surface area contributed by atoms with Gasteiger partial charge in [-0.2, -0.15) is 0 Å². The molecule has 78 valence electrons. The van der Waals surface area contributed by atoms with Crippen molar-refractivity contribution in [1.82, 2.24) is 9.55 Å². The highest BCUT2D eigenvalue weighted by Gasteiger charge is 2.00. The molecule has 0 spiro atoms. The molecule has 0 unspecified atom stereocenters. The lowest BCUT2D eigenvalue weighted by Crippen LogP contribution is -2.13. The molecule has 0 aliphatic rings. The Hall–Kier alpha value is -1.81. The van der Waals surface area contributed by atoms with Gasteiger partial charge in [0.05, 0.1) is 0 Å². The summed E-state index contributed by atoms with van der Waals surface area (Å²) in [5, 5.41) is 7.26. The normalized spacial score (nSPS) is 9.33. The maximum Gasteiger partial charge on any atom is 0.141 e. The van der Waals surface area contributed by atoms with Gasteiger partial charge < -0.3 is 10.3 Å². The van der Waals surface area contributed by atoms with Gasteiger partial charge in [-0.1, -0.05) is 0 Å². The quantitative estimate of drug-likeness (QED) is 0.599. The van der Waals surface area contributed by atoms with E-state index in [-0.39, 0.29) is 18.2 Å². The highest BCUT2D eigenvalue weighted by Crippen LogP contribution is 2.07. The smallest absolute Gasteiger partial charge is 0.141 e. The van der Waals surface area contributed by atoms with Crippen molar-refractivity contribution in [3.63, 3.8) is 0 Å². The molecule has 2 rings (SSSR count). The van der Waals surface area contributed by atoms with Gasteiger partial charge in [0.15, 0.2) is 0 Å². The molecule has 0 amide bonds. The Bertz CT molecular complexity index is 450. The summed E-state index contributed by atoms with van der Waals surface area (Å²) in [6.45, 7) is 0. The number of nitrogens with zero attached hydrogens (tertiary/aromatic N) is 2. The summed E-state index contributed by atoms with van der Waals surface area (Å²) in [5.74, 6) is -0.0148. The van der Waals surface area contributed by atoms with Gasteiger partial charge in [-0.3, -0.25) is 10.4 Å². The van der Waals surface area contributed by atoms with Crippen LogP contribution in [0.15, 0.2) is 42.9 Å². The lowest BCUT2D eigenvalue weighted by atomic mass is 10.3. The standard InChI is InChI=1S/C10H10N4.ClH/c11-10(12)9-7-8(3-4-13-9)14-5-1-2-6-14;/h1-7H,(H3,11,12);1H. The molecule has 15 heavy (non-hydrogen) atoms. The van der Waals surface area contributed by atoms with E-state index in [0.29, 0.717) is 5.69 Å². The van der Waals surface area contributed by atoms with Crippen LogP contribution in [0.3, 0.4) is 0 Å². The van der Waals surface area contributed by atoms with Crippen molar-refractivity contribution in [3.05, 3.63) is 48.5 Å². The lowest BCUT2D eigenvalue weighted by Gasteiger charge is -2.03. The highest BCUT2D eigenvalue weighted by molar-refractivity contribution is 5.93. The van der Waals surface area contributed by atoms with E-state index in [1.54, 1.807) is 12.3 Å². The molecule has 5 heteroatoms. The number of nitrogens with two attached hydrogens (primary N) is 1. The van der Waals surface area contributed by atoms with E-state index in [9.17, 15) is 0 Å². The van der Waals surface area contributed by atoms with Gasteiger partial charge in [-0.05, 0) is 24.3 Å². The van der Waals surface area contributed by atoms with E-state index in [1.807, 2.05) is 35.2 Å². The monoisotopic (exact) mass is 222 g/mol. The number of nitrogens with one attached hydrogen (secondary N) is 1. The Morgan fingerprint density at radius 1 is 1.33 bits per heavy atom. The number of pyridine rings is 1. The lowest BCUT2D eigenvalue weighted by molar-refractivity contribution is 1.06. The number of halogens is 1. The second-order valence-corrected chi connectivity index (χ2v) is 2.90. The zero-order chi connectivity index (χ0) is 9.97. The van der Waals surface area contributed by atoms with Gasteiger partial charge in [-0.15, -0.1) is 12.4 Å². The number of hydrogen-bond acceptors (Lipinski definition) is 2. The van der Waals surface area contributed by atoms with E-state index in [2.05, 4.69) is 4.98 Å². The summed E-state index contributed by atoms with van der Waals surface area (Å²) in [4.78, 5) is 3.99. The zero-order valence-corrected chi connectivity index (χ0v) is 8.74. The Balaban J connectivity index is 0.00000112. The molecular formula is C10H11ClN4. The van der Waals surface area contributed by atoms with Crippen LogP contribution in [-0.2, 0) is 0 Å². The first-order valence-corrected chi connectivity index (χ1v) is 4.21. The molecular weight excluding hydrogens is 212 g/mol. The first kappa shape index (κ1) is 11.3. The maximum atomic E-state index is 7.26. The molecule has 2 aromatic heterocycles. The summed E-state index contributed by atoms with van der Waals surface area (Å²) >= 11 is 0. The molecule has 0 atom stereocenters. The third-order valence-corrected chi connectivity index (χ3v) is 1.92. The molecule has 0 aromatic carbocycles. The SMILES string of the molecule is Cl.N=C(N)c1cc(-n2cccc2)ccn1. The molecule has 2 aromatic rings. The fraction of sp³-hybridized carbons (Fsp3) is 0. The fourth-order valence-electron chi connectivity index (χ4n) is 1.23. The third-order valence-electron chi connectivity index (χ3n) is 1.92. The van der Waals surface area contributed by atoms with E-state index < -0.39 is 0 Å². The van der Waals surface area contributed by atoms with E-state index in [0.717, 1.165) is 5.69 Å². The Kier molecular flexibility index (Phi) is 3.46. The minimum Gasteiger partial charge on any atom is -0.382 e. The van der Waals surface area contributed by atoms with Crippen LogP contribution < -0.4 is 5.73 Å². The van der Waals surface area contributed by atoms with Crippen molar-refractivity contribution >= 4 is 18.2 Å². The molecule has 0 bridgehead atoms. The fourth-order valence-corrected chi connectivity index (χ4v) is 1.23. The van der Waals surface area contributed by atoms with Gasteiger partial charge in [0, 0.05) is 24.3 Å². The predicted molar refractivity (Wildman–Crippen MR) is 61.8 cm³/mol. The minimum atomic E-state index is -0.0148. The molecule has 2 heterocycles. The average Bonchev–Trinajstić information content (AvgIpc) is 2.71. The number of nitrogen functional groups attached to an aromatic ring is 1. The van der Waals surface area contributed by atoms with Gasteiger partial charge in [-0.25, -0.2) is 0 Å². The van der Waals surface area contributed by atoms with Crippen molar-refractivity contribution in [2.75, 3.05) is 0 Å². The van der Waals surface area contributed by atoms with Crippen molar-refractivity contribution in [2.24, 2.45) is 5.73 Å². The first-order valence-electron chi connectivity index (χ1n) is 4.21. The number of aromatic nitrogens is 2. The van der Waals surface area contributed by atoms with Crippen LogP contribution in [0.5, 0.6) is 0 Å². The topological polar surface area (TPSA) is 67.7 Å². The zero-order valence-electron chi connectivity index (χ0n) is 7.92. The van der Waals surface area contributed by atoms with E-state index in [1.165, 1.54) is 0 Å². The Labute approximate surface area is 93.7 Å². The van der Waals surface area contributed by atoms with Crippen molar-refractivity contribution < 1.29 is 0 Å². The molecule has 4 nitrogen and oxygen atoms in total. The molecule has 0 saturated heterocycles. The summed E-state index contributed by atoms with van der Waals surface area (Å²) < 4.78 is 1.94. The van der Waals surface area contributed by atoms with Crippen LogP contribution in [0, 0.1) is 5.41 Å². The van der Waals surface area contributed by atoms with Crippen LogP contribution in [0.1, 0.15) is 5.69 Å². The maximum absolute atomic E-state index is 7.26. The Morgan fingerprint density at radius 3 is 2.60 bits per heavy atom. The summed E-state index contributed by atoms with van der Waals surface area (Å²) in [6, 6.07) is 7.52. The minimum absolute atomic E-state index is 0. The van der Waals surface area contributed by atoms with Gasteiger partial charge in [0.25, 0.3) is 0 Å². The third kappa shape index (κ3) is 2.35. The predicted octanol–water partition coefficient (Wildman–Crippen LogP) is 1.58. The van der Waals surface area contributed by atoms with E-state index >= 15 is 0 Å². The number of hydrogen-bond donors (Lipinski definition) is 2. The Morgan fingerprint density at radius 2 is 2.00 bits per heavy atom. The van der Waals surface area contributed by atoms with Gasteiger partial charge in [0.1, 0.15) is 11.5 Å². The van der Waals surface area contributed by atoms with Crippen LogP contribution in [0.4, 0.5) is 0 Å². The average molecular weight is 223 g/mol. The molecule has 0 aliphatic carbocycles. The molecule has 0 radical (unpaired) electrons.